The number of hydrazine groups is 1. The van der Waals surface area contributed by atoms with Gasteiger partial charge in [0.15, 0.2) is 0 Å². The van der Waals surface area contributed by atoms with Gasteiger partial charge in [0.2, 0.25) is 5.91 Å². The van der Waals surface area contributed by atoms with Gasteiger partial charge in [0.05, 0.1) is 12.2 Å². The fourth-order valence-electron chi connectivity index (χ4n) is 1.92. The van der Waals surface area contributed by atoms with Gasteiger partial charge < -0.3 is 5.73 Å². The number of pyridine rings is 1. The van der Waals surface area contributed by atoms with Crippen molar-refractivity contribution < 1.29 is 9.59 Å². The van der Waals surface area contributed by atoms with E-state index in [-0.39, 0.29) is 18.1 Å². The lowest BCUT2D eigenvalue weighted by Crippen LogP contribution is -2.36. The maximum atomic E-state index is 11.4. The topological polar surface area (TPSA) is 114 Å². The van der Waals surface area contributed by atoms with Gasteiger partial charge in [-0.15, -0.1) is 0 Å². The predicted octanol–water partition coefficient (Wildman–Crippen LogP) is -0.372. The van der Waals surface area contributed by atoms with Gasteiger partial charge in [-0.1, -0.05) is 19.9 Å². The lowest BCUT2D eigenvalue weighted by molar-refractivity contribution is -0.119. The van der Waals surface area contributed by atoms with E-state index in [0.29, 0.717) is 18.2 Å². The number of primary amides is 1. The summed E-state index contributed by atoms with van der Waals surface area (Å²) in [7, 11) is 0. The molecule has 7 nitrogen and oxygen atoms in total. The molecule has 0 atom stereocenters. The SMILES string of the molecule is CC(C)CN(CC(N)=O)Cc1cccc(C(=O)NN)n1. The number of nitrogens with two attached hydrogens (primary N) is 2. The number of hydrogen-bond donors (Lipinski definition) is 3. The fraction of sp³-hybridized carbons (Fsp3) is 0.462. The first-order chi connectivity index (χ1) is 9.42. The molecule has 0 radical (unpaired) electrons. The molecule has 7 heteroatoms. The van der Waals surface area contributed by atoms with E-state index in [1.807, 2.05) is 10.3 Å². The smallest absolute Gasteiger partial charge is 0.283 e. The third kappa shape index (κ3) is 5.33. The Bertz CT molecular complexity index is 476. The average molecular weight is 279 g/mol. The molecule has 1 heterocycles. The largest absolute Gasteiger partial charge is 0.369 e. The zero-order valence-corrected chi connectivity index (χ0v) is 11.8. The molecular formula is C13H21N5O2. The molecule has 1 aromatic rings. The summed E-state index contributed by atoms with van der Waals surface area (Å²) in [5, 5.41) is 0. The van der Waals surface area contributed by atoms with E-state index in [1.54, 1.807) is 18.2 Å². The van der Waals surface area contributed by atoms with E-state index >= 15 is 0 Å². The van der Waals surface area contributed by atoms with E-state index in [0.717, 1.165) is 6.54 Å². The Morgan fingerprint density at radius 1 is 1.40 bits per heavy atom. The Kier molecular flexibility index (Phi) is 6.08. The van der Waals surface area contributed by atoms with Gasteiger partial charge in [0, 0.05) is 13.1 Å². The van der Waals surface area contributed by atoms with Crippen molar-refractivity contribution in [3.63, 3.8) is 0 Å². The highest BCUT2D eigenvalue weighted by Crippen LogP contribution is 2.06. The third-order valence-electron chi connectivity index (χ3n) is 2.56. The van der Waals surface area contributed by atoms with E-state index in [9.17, 15) is 9.59 Å². The molecule has 0 aliphatic rings. The van der Waals surface area contributed by atoms with Crippen LogP contribution in [-0.4, -0.2) is 34.8 Å². The number of carbonyl (C=O) groups excluding carboxylic acids is 2. The minimum absolute atomic E-state index is 0.160. The molecule has 0 aliphatic carbocycles. The van der Waals surface area contributed by atoms with E-state index in [2.05, 4.69) is 18.8 Å². The Morgan fingerprint density at radius 3 is 2.65 bits per heavy atom. The van der Waals surface area contributed by atoms with Crippen molar-refractivity contribution in [2.75, 3.05) is 13.1 Å². The fourth-order valence-corrected chi connectivity index (χ4v) is 1.92. The number of nitrogen functional groups attached to an aromatic ring is 1. The molecular weight excluding hydrogens is 258 g/mol. The maximum absolute atomic E-state index is 11.4. The Balaban J connectivity index is 2.81. The molecule has 1 aromatic heterocycles. The first-order valence-corrected chi connectivity index (χ1v) is 6.40. The van der Waals surface area contributed by atoms with Crippen molar-refractivity contribution in [2.24, 2.45) is 17.5 Å². The monoisotopic (exact) mass is 279 g/mol. The molecule has 110 valence electrons. The predicted molar refractivity (Wildman–Crippen MR) is 75.2 cm³/mol. The van der Waals surface area contributed by atoms with Crippen LogP contribution in [-0.2, 0) is 11.3 Å². The van der Waals surface area contributed by atoms with Gasteiger partial charge in [0.25, 0.3) is 5.91 Å². The number of amides is 2. The first-order valence-electron chi connectivity index (χ1n) is 6.40. The van der Waals surface area contributed by atoms with Crippen molar-refractivity contribution in [2.45, 2.75) is 20.4 Å². The molecule has 2 amide bonds. The summed E-state index contributed by atoms with van der Waals surface area (Å²) in [5.41, 5.74) is 8.21. The minimum Gasteiger partial charge on any atom is -0.369 e. The van der Waals surface area contributed by atoms with Gasteiger partial charge >= 0.3 is 0 Å². The highest BCUT2D eigenvalue weighted by Gasteiger charge is 2.13. The summed E-state index contributed by atoms with van der Waals surface area (Å²) in [6.45, 7) is 5.44. The highest BCUT2D eigenvalue weighted by atomic mass is 16.2. The second kappa shape index (κ2) is 7.56. The molecule has 0 fully saturated rings. The van der Waals surface area contributed by atoms with Crippen LogP contribution in [0.15, 0.2) is 18.2 Å². The van der Waals surface area contributed by atoms with Crippen LogP contribution < -0.4 is 17.0 Å². The second-order valence-corrected chi connectivity index (χ2v) is 5.02. The van der Waals surface area contributed by atoms with Gasteiger partial charge in [0.1, 0.15) is 5.69 Å². The second-order valence-electron chi connectivity index (χ2n) is 5.02. The summed E-state index contributed by atoms with van der Waals surface area (Å²) >= 11 is 0. The van der Waals surface area contributed by atoms with E-state index < -0.39 is 5.91 Å². The summed E-state index contributed by atoms with van der Waals surface area (Å²) in [4.78, 5) is 28.6. The van der Waals surface area contributed by atoms with Crippen molar-refractivity contribution in [1.29, 1.82) is 0 Å². The molecule has 1 rings (SSSR count). The van der Waals surface area contributed by atoms with Crippen LogP contribution in [0.25, 0.3) is 0 Å². The number of hydrogen-bond acceptors (Lipinski definition) is 5. The van der Waals surface area contributed by atoms with Crippen LogP contribution in [0, 0.1) is 5.92 Å². The molecule has 0 spiro atoms. The number of nitrogens with zero attached hydrogens (tertiary/aromatic N) is 2. The molecule has 0 bridgehead atoms. The van der Waals surface area contributed by atoms with Gasteiger partial charge in [-0.25, -0.2) is 10.8 Å². The Morgan fingerprint density at radius 2 is 2.10 bits per heavy atom. The average Bonchev–Trinajstić information content (AvgIpc) is 2.36. The molecule has 5 N–H and O–H groups in total. The molecule has 0 saturated carbocycles. The van der Waals surface area contributed by atoms with Crippen LogP contribution in [0.2, 0.25) is 0 Å². The van der Waals surface area contributed by atoms with Crippen molar-refractivity contribution in [3.8, 4) is 0 Å². The van der Waals surface area contributed by atoms with Gasteiger partial charge in [-0.05, 0) is 18.1 Å². The number of rotatable bonds is 7. The molecule has 0 aromatic carbocycles. The Hall–Kier alpha value is -1.99. The van der Waals surface area contributed by atoms with Crippen molar-refractivity contribution in [1.82, 2.24) is 15.3 Å². The van der Waals surface area contributed by atoms with E-state index in [1.165, 1.54) is 0 Å². The van der Waals surface area contributed by atoms with Crippen LogP contribution >= 0.6 is 0 Å². The first kappa shape index (κ1) is 16.1. The third-order valence-corrected chi connectivity index (χ3v) is 2.56. The molecule has 20 heavy (non-hydrogen) atoms. The highest BCUT2D eigenvalue weighted by molar-refractivity contribution is 5.91. The zero-order chi connectivity index (χ0) is 15.1. The van der Waals surface area contributed by atoms with Crippen LogP contribution in [0.3, 0.4) is 0 Å². The normalized spacial score (nSPS) is 10.8. The molecule has 0 aliphatic heterocycles. The number of nitrogens with one attached hydrogen (secondary N) is 1. The van der Waals surface area contributed by atoms with Crippen molar-refractivity contribution >= 4 is 11.8 Å². The number of carbonyl (C=O) groups is 2. The summed E-state index contributed by atoms with van der Waals surface area (Å²) in [6.07, 6.45) is 0. The number of aromatic nitrogens is 1. The zero-order valence-electron chi connectivity index (χ0n) is 11.8. The lowest BCUT2D eigenvalue weighted by atomic mass is 10.2. The standard InChI is InChI=1S/C13H21N5O2/c1-9(2)6-18(8-12(14)19)7-10-4-3-5-11(16-10)13(20)17-15/h3-5,9H,6-8,15H2,1-2H3,(H2,14,19)(H,17,20). The van der Waals surface area contributed by atoms with Crippen LogP contribution in [0.4, 0.5) is 0 Å². The van der Waals surface area contributed by atoms with Gasteiger partial charge in [-0.2, -0.15) is 0 Å². The maximum Gasteiger partial charge on any atom is 0.283 e. The summed E-state index contributed by atoms with van der Waals surface area (Å²) < 4.78 is 0. The molecule has 0 unspecified atom stereocenters. The quantitative estimate of drug-likeness (QED) is 0.358. The lowest BCUT2D eigenvalue weighted by Gasteiger charge is -2.22. The van der Waals surface area contributed by atoms with Gasteiger partial charge in [-0.3, -0.25) is 19.9 Å². The van der Waals surface area contributed by atoms with Crippen LogP contribution in [0.1, 0.15) is 30.0 Å². The van der Waals surface area contributed by atoms with Crippen molar-refractivity contribution in [3.05, 3.63) is 29.6 Å². The molecule has 0 saturated heterocycles. The Labute approximate surface area is 118 Å². The summed E-state index contributed by atoms with van der Waals surface area (Å²) in [6, 6.07) is 5.10. The minimum atomic E-state index is -0.447. The van der Waals surface area contributed by atoms with Crippen LogP contribution in [0.5, 0.6) is 0 Å². The van der Waals surface area contributed by atoms with E-state index in [4.69, 9.17) is 11.6 Å². The summed E-state index contributed by atoms with van der Waals surface area (Å²) in [5.74, 6) is 4.63.